The zero-order chi connectivity index (χ0) is 20.6. The van der Waals surface area contributed by atoms with Gasteiger partial charge in [-0.25, -0.2) is 4.39 Å². The van der Waals surface area contributed by atoms with E-state index in [4.69, 9.17) is 11.2 Å². The van der Waals surface area contributed by atoms with Crippen molar-refractivity contribution in [3.05, 3.63) is 65.5 Å². The summed E-state index contributed by atoms with van der Waals surface area (Å²) in [5.41, 5.74) is 1.45. The lowest BCUT2D eigenvalue weighted by molar-refractivity contribution is -0.130. The van der Waals surface area contributed by atoms with Crippen molar-refractivity contribution >= 4 is 17.5 Å². The molecule has 1 aliphatic heterocycles. The van der Waals surface area contributed by atoms with Gasteiger partial charge in [-0.3, -0.25) is 14.5 Å². The number of nitrogens with one attached hydrogen (secondary N) is 2. The number of rotatable bonds is 6. The summed E-state index contributed by atoms with van der Waals surface area (Å²) < 4.78 is 19.7. The van der Waals surface area contributed by atoms with Crippen LogP contribution in [-0.2, 0) is 14.3 Å². The van der Waals surface area contributed by atoms with Gasteiger partial charge in [-0.15, -0.1) is 6.42 Å². The van der Waals surface area contributed by atoms with E-state index in [1.165, 1.54) is 6.07 Å². The average molecular weight is 395 g/mol. The second kappa shape index (κ2) is 9.82. The summed E-state index contributed by atoms with van der Waals surface area (Å²) >= 11 is 0. The van der Waals surface area contributed by atoms with Gasteiger partial charge < -0.3 is 15.4 Å². The first kappa shape index (κ1) is 20.5. The van der Waals surface area contributed by atoms with Crippen LogP contribution < -0.4 is 10.6 Å². The number of hydrogen-bond donors (Lipinski definition) is 2. The van der Waals surface area contributed by atoms with Crippen LogP contribution in [0.5, 0.6) is 0 Å². The number of ether oxygens (including phenoxy) is 1. The maximum Gasteiger partial charge on any atom is 0.243 e. The summed E-state index contributed by atoms with van der Waals surface area (Å²) in [6, 6.07) is 12.2. The van der Waals surface area contributed by atoms with E-state index >= 15 is 0 Å². The molecule has 6 nitrogen and oxygen atoms in total. The van der Waals surface area contributed by atoms with Crippen molar-refractivity contribution in [2.24, 2.45) is 0 Å². The third-order valence-electron chi connectivity index (χ3n) is 4.60. The van der Waals surface area contributed by atoms with Gasteiger partial charge in [0.25, 0.3) is 0 Å². The van der Waals surface area contributed by atoms with Gasteiger partial charge >= 0.3 is 0 Å². The van der Waals surface area contributed by atoms with E-state index in [0.717, 1.165) is 0 Å². The van der Waals surface area contributed by atoms with Crippen molar-refractivity contribution in [2.75, 3.05) is 38.2 Å². The first-order chi connectivity index (χ1) is 14.1. The second-order valence-electron chi connectivity index (χ2n) is 6.56. The van der Waals surface area contributed by atoms with Gasteiger partial charge in [-0.05, 0) is 24.3 Å². The molecule has 2 amide bonds. The number of nitrogens with zero attached hydrogens (tertiary/aromatic N) is 1. The van der Waals surface area contributed by atoms with E-state index in [2.05, 4.69) is 16.6 Å². The van der Waals surface area contributed by atoms with Crippen LogP contribution in [0, 0.1) is 18.2 Å². The minimum absolute atomic E-state index is 0.242. The molecule has 1 saturated heterocycles. The molecule has 150 valence electrons. The Hall–Kier alpha value is -3.21. The van der Waals surface area contributed by atoms with Gasteiger partial charge in [0.05, 0.1) is 19.8 Å². The quantitative estimate of drug-likeness (QED) is 0.734. The van der Waals surface area contributed by atoms with Gasteiger partial charge in [-0.1, -0.05) is 30.2 Å². The van der Waals surface area contributed by atoms with Gasteiger partial charge in [0, 0.05) is 29.9 Å². The smallest absolute Gasteiger partial charge is 0.243 e. The van der Waals surface area contributed by atoms with Crippen LogP contribution in [0.2, 0.25) is 0 Å². The lowest BCUT2D eigenvalue weighted by Gasteiger charge is -2.33. The van der Waals surface area contributed by atoms with Crippen molar-refractivity contribution in [3.8, 4) is 12.3 Å². The molecule has 3 rings (SSSR count). The lowest BCUT2D eigenvalue weighted by atomic mass is 10.0. The molecule has 0 radical (unpaired) electrons. The van der Waals surface area contributed by atoms with E-state index in [1.807, 2.05) is 4.90 Å². The van der Waals surface area contributed by atoms with E-state index in [-0.39, 0.29) is 12.1 Å². The molecule has 7 heteroatoms. The summed E-state index contributed by atoms with van der Waals surface area (Å²) in [4.78, 5) is 27.0. The van der Waals surface area contributed by atoms with Crippen LogP contribution in [0.3, 0.4) is 0 Å². The number of amides is 2. The Balaban J connectivity index is 1.67. The number of anilines is 1. The summed E-state index contributed by atoms with van der Waals surface area (Å²) in [6.07, 6.45) is 5.36. The Morgan fingerprint density at radius 2 is 1.93 bits per heavy atom. The van der Waals surface area contributed by atoms with Crippen molar-refractivity contribution in [1.29, 1.82) is 0 Å². The van der Waals surface area contributed by atoms with Crippen LogP contribution >= 0.6 is 0 Å². The zero-order valence-electron chi connectivity index (χ0n) is 15.9. The van der Waals surface area contributed by atoms with Crippen LogP contribution in [-0.4, -0.2) is 49.6 Å². The molecule has 0 bridgehead atoms. The highest BCUT2D eigenvalue weighted by atomic mass is 19.1. The highest BCUT2D eigenvalue weighted by molar-refractivity contribution is 5.95. The van der Waals surface area contributed by atoms with Gasteiger partial charge in [0.1, 0.15) is 11.9 Å². The maximum absolute atomic E-state index is 14.4. The Bertz CT molecular complexity index is 920. The largest absolute Gasteiger partial charge is 0.379 e. The molecule has 0 unspecified atom stereocenters. The standard InChI is InChI=1S/C22H22FN3O3/c1-2-16-6-5-7-17(14-16)25-20(27)15-24-22(28)21(26-10-12-29-13-11-26)18-8-3-4-9-19(18)23/h1,3-9,14,21H,10-13,15H2,(H,24,28)(H,25,27)/t21-/m1/s1. The molecule has 2 aromatic carbocycles. The number of morpholine rings is 1. The number of carbonyl (C=O) groups excluding carboxylic acids is 2. The molecule has 1 atom stereocenters. The van der Waals surface area contributed by atoms with E-state index in [1.54, 1.807) is 42.5 Å². The third-order valence-corrected chi connectivity index (χ3v) is 4.60. The van der Waals surface area contributed by atoms with E-state index < -0.39 is 23.7 Å². The first-order valence-electron chi connectivity index (χ1n) is 9.29. The van der Waals surface area contributed by atoms with E-state index in [0.29, 0.717) is 37.6 Å². The van der Waals surface area contributed by atoms with Gasteiger partial charge in [0.15, 0.2) is 0 Å². The number of halogens is 1. The Kier molecular flexibility index (Phi) is 6.95. The summed E-state index contributed by atoms with van der Waals surface area (Å²) in [7, 11) is 0. The fraction of sp³-hybridized carbons (Fsp3) is 0.273. The molecular formula is C22H22FN3O3. The second-order valence-corrected chi connectivity index (χ2v) is 6.56. The van der Waals surface area contributed by atoms with Gasteiger partial charge in [0.2, 0.25) is 11.8 Å². The van der Waals surface area contributed by atoms with Crippen LogP contribution in [0.15, 0.2) is 48.5 Å². The van der Waals surface area contributed by atoms with Crippen LogP contribution in [0.25, 0.3) is 0 Å². The zero-order valence-corrected chi connectivity index (χ0v) is 15.9. The molecule has 0 saturated carbocycles. The molecule has 29 heavy (non-hydrogen) atoms. The number of terminal acetylenes is 1. The Morgan fingerprint density at radius 1 is 1.17 bits per heavy atom. The predicted octanol–water partition coefficient (Wildman–Crippen LogP) is 1.94. The lowest BCUT2D eigenvalue weighted by Crippen LogP contribution is -2.47. The fourth-order valence-electron chi connectivity index (χ4n) is 3.19. The van der Waals surface area contributed by atoms with Crippen molar-refractivity contribution in [2.45, 2.75) is 6.04 Å². The molecule has 0 spiro atoms. The molecule has 1 aliphatic rings. The third kappa shape index (κ3) is 5.41. The summed E-state index contributed by atoms with van der Waals surface area (Å²) in [6.45, 7) is 1.68. The molecular weight excluding hydrogens is 373 g/mol. The molecule has 0 aromatic heterocycles. The number of carbonyl (C=O) groups is 2. The summed E-state index contributed by atoms with van der Waals surface area (Å²) in [5, 5.41) is 5.30. The van der Waals surface area contributed by atoms with Crippen LogP contribution in [0.4, 0.5) is 10.1 Å². The number of benzene rings is 2. The normalized spacial score (nSPS) is 15.2. The SMILES string of the molecule is C#Cc1cccc(NC(=O)CNC(=O)[C@@H](c2ccccc2F)N2CCOCC2)c1. The summed E-state index contributed by atoms with van der Waals surface area (Å²) in [5.74, 6) is 1.19. The Morgan fingerprint density at radius 3 is 2.66 bits per heavy atom. The fourth-order valence-corrected chi connectivity index (χ4v) is 3.19. The minimum atomic E-state index is -0.835. The molecule has 0 aliphatic carbocycles. The Labute approximate surface area is 169 Å². The van der Waals surface area contributed by atoms with Crippen LogP contribution in [0.1, 0.15) is 17.2 Å². The minimum Gasteiger partial charge on any atom is -0.379 e. The highest BCUT2D eigenvalue weighted by Gasteiger charge is 2.31. The predicted molar refractivity (Wildman–Crippen MR) is 108 cm³/mol. The maximum atomic E-state index is 14.4. The van der Waals surface area contributed by atoms with Gasteiger partial charge in [-0.2, -0.15) is 0 Å². The highest BCUT2D eigenvalue weighted by Crippen LogP contribution is 2.24. The van der Waals surface area contributed by atoms with E-state index in [9.17, 15) is 14.0 Å². The van der Waals surface area contributed by atoms with Crippen molar-refractivity contribution < 1.29 is 18.7 Å². The molecule has 2 N–H and O–H groups in total. The number of hydrogen-bond acceptors (Lipinski definition) is 4. The van der Waals surface area contributed by atoms with Crippen molar-refractivity contribution in [3.63, 3.8) is 0 Å². The molecule has 1 fully saturated rings. The van der Waals surface area contributed by atoms with Crippen molar-refractivity contribution in [1.82, 2.24) is 10.2 Å². The monoisotopic (exact) mass is 395 g/mol. The topological polar surface area (TPSA) is 70.7 Å². The first-order valence-corrected chi connectivity index (χ1v) is 9.29. The average Bonchev–Trinajstić information content (AvgIpc) is 2.75. The molecule has 1 heterocycles. The molecule has 2 aromatic rings.